The number of anilines is 3. The van der Waals surface area contributed by atoms with Crippen molar-refractivity contribution in [3.8, 4) is 5.75 Å². The third-order valence-corrected chi connectivity index (χ3v) is 5.52. The summed E-state index contributed by atoms with van der Waals surface area (Å²) in [7, 11) is 0.576. The first kappa shape index (κ1) is 16.7. The number of benzene rings is 2. The number of thiol groups is 1. The van der Waals surface area contributed by atoms with Crippen molar-refractivity contribution in [3.05, 3.63) is 54.2 Å². The molecule has 3 aromatic rings. The standard InChI is InChI=1S/C19H19N3O3S/c1-21(26(23)24)14-3-6-18-13(11-14)8-10-22(18)19-7-9-20-17-12-15(25-2)4-5-16(17)19/h3-7,9,11-12,26H,8,10H2,1-2H3. The smallest absolute Gasteiger partial charge is 0.224 e. The number of hydrogen-bond donors (Lipinski definition) is 1. The van der Waals surface area contributed by atoms with Gasteiger partial charge < -0.3 is 9.64 Å². The van der Waals surface area contributed by atoms with Crippen molar-refractivity contribution in [2.75, 3.05) is 29.9 Å². The van der Waals surface area contributed by atoms with E-state index >= 15 is 0 Å². The molecule has 0 unspecified atom stereocenters. The lowest BCUT2D eigenvalue weighted by molar-refractivity contribution is 0.415. The Labute approximate surface area is 153 Å². The summed E-state index contributed by atoms with van der Waals surface area (Å²) in [6, 6.07) is 13.7. The minimum atomic E-state index is -2.63. The number of hydrogen-bond acceptors (Lipinski definition) is 5. The number of aromatic nitrogens is 1. The lowest BCUT2D eigenvalue weighted by Crippen LogP contribution is -2.15. The third kappa shape index (κ3) is 2.74. The Morgan fingerprint density at radius 1 is 1.12 bits per heavy atom. The van der Waals surface area contributed by atoms with Crippen LogP contribution in [-0.4, -0.2) is 34.1 Å². The van der Waals surface area contributed by atoms with Crippen LogP contribution < -0.4 is 13.9 Å². The van der Waals surface area contributed by atoms with Gasteiger partial charge in [-0.25, -0.2) is 8.42 Å². The third-order valence-electron chi connectivity index (χ3n) is 4.79. The van der Waals surface area contributed by atoms with E-state index in [0.29, 0.717) is 5.69 Å². The van der Waals surface area contributed by atoms with E-state index in [9.17, 15) is 8.42 Å². The molecular weight excluding hydrogens is 350 g/mol. The maximum Gasteiger partial charge on any atom is 0.224 e. The molecule has 0 amide bonds. The number of fused-ring (bicyclic) bond motifs is 2. The van der Waals surface area contributed by atoms with E-state index in [1.54, 1.807) is 20.4 Å². The lowest BCUT2D eigenvalue weighted by Gasteiger charge is -2.22. The Hall–Kier alpha value is -2.80. The fraction of sp³-hybridized carbons (Fsp3) is 0.211. The summed E-state index contributed by atoms with van der Waals surface area (Å²) >= 11 is 0. The van der Waals surface area contributed by atoms with Crippen molar-refractivity contribution in [3.63, 3.8) is 0 Å². The monoisotopic (exact) mass is 369 g/mol. The topological polar surface area (TPSA) is 62.7 Å². The van der Waals surface area contributed by atoms with E-state index in [1.807, 2.05) is 42.5 Å². The number of rotatable bonds is 4. The highest BCUT2D eigenvalue weighted by Crippen LogP contribution is 2.39. The molecule has 0 saturated heterocycles. The molecule has 1 aliphatic rings. The van der Waals surface area contributed by atoms with Crippen molar-refractivity contribution >= 4 is 38.9 Å². The van der Waals surface area contributed by atoms with Crippen LogP contribution in [0.5, 0.6) is 5.75 Å². The summed E-state index contributed by atoms with van der Waals surface area (Å²) < 4.78 is 29.0. The molecule has 7 heteroatoms. The zero-order chi connectivity index (χ0) is 18.3. The average molecular weight is 369 g/mol. The first-order valence-corrected chi connectivity index (χ1v) is 9.43. The van der Waals surface area contributed by atoms with Gasteiger partial charge >= 0.3 is 0 Å². The van der Waals surface area contributed by atoms with Crippen molar-refractivity contribution in [2.45, 2.75) is 6.42 Å². The van der Waals surface area contributed by atoms with Crippen LogP contribution in [0.2, 0.25) is 0 Å². The van der Waals surface area contributed by atoms with Crippen LogP contribution in [0, 0.1) is 0 Å². The van der Waals surface area contributed by atoms with Gasteiger partial charge in [0.2, 0.25) is 10.9 Å². The van der Waals surface area contributed by atoms with Gasteiger partial charge in [0.25, 0.3) is 0 Å². The fourth-order valence-electron chi connectivity index (χ4n) is 3.41. The fourth-order valence-corrected chi connectivity index (χ4v) is 3.72. The first-order chi connectivity index (χ1) is 12.6. The Balaban J connectivity index is 1.77. The van der Waals surface area contributed by atoms with Crippen LogP contribution in [-0.2, 0) is 17.3 Å². The highest BCUT2D eigenvalue weighted by molar-refractivity contribution is 7.74. The molecule has 0 atom stereocenters. The van der Waals surface area contributed by atoms with Crippen LogP contribution in [0.3, 0.4) is 0 Å². The highest BCUT2D eigenvalue weighted by Gasteiger charge is 2.23. The molecule has 0 saturated carbocycles. The van der Waals surface area contributed by atoms with Crippen LogP contribution in [0.15, 0.2) is 48.7 Å². The van der Waals surface area contributed by atoms with Gasteiger partial charge in [0.15, 0.2) is 0 Å². The van der Waals surface area contributed by atoms with Crippen molar-refractivity contribution < 1.29 is 13.2 Å². The predicted octanol–water partition coefficient (Wildman–Crippen LogP) is 2.90. The highest BCUT2D eigenvalue weighted by atomic mass is 32.2. The number of ether oxygens (including phenoxy) is 1. The summed E-state index contributed by atoms with van der Waals surface area (Å²) in [6.07, 6.45) is 2.67. The summed E-state index contributed by atoms with van der Waals surface area (Å²) in [5.74, 6) is 0.781. The van der Waals surface area contributed by atoms with Crippen molar-refractivity contribution in [1.82, 2.24) is 4.98 Å². The van der Waals surface area contributed by atoms with Crippen molar-refractivity contribution in [1.29, 1.82) is 0 Å². The average Bonchev–Trinajstić information content (AvgIpc) is 3.09. The first-order valence-electron chi connectivity index (χ1n) is 8.30. The normalized spacial score (nSPS) is 13.3. The molecule has 0 radical (unpaired) electrons. The molecule has 4 rings (SSSR count). The summed E-state index contributed by atoms with van der Waals surface area (Å²) in [6.45, 7) is 0.844. The molecule has 0 spiro atoms. The molecule has 2 aromatic carbocycles. The molecule has 1 aromatic heterocycles. The maximum atomic E-state index is 11.2. The SMILES string of the molecule is COc1ccc2c(N3CCc4cc(N(C)[SH](=O)=O)ccc43)ccnc2c1. The predicted molar refractivity (Wildman–Crippen MR) is 104 cm³/mol. The second-order valence-corrected chi connectivity index (χ2v) is 7.26. The molecule has 6 nitrogen and oxygen atoms in total. The lowest BCUT2D eigenvalue weighted by atomic mass is 10.1. The second-order valence-electron chi connectivity index (χ2n) is 6.19. The van der Waals surface area contributed by atoms with E-state index in [4.69, 9.17) is 4.74 Å². The minimum absolute atomic E-state index is 0.686. The molecule has 0 N–H and O–H groups in total. The van der Waals surface area contributed by atoms with Gasteiger partial charge in [-0.05, 0) is 48.4 Å². The second kappa shape index (κ2) is 6.49. The Morgan fingerprint density at radius 2 is 1.96 bits per heavy atom. The van der Waals surface area contributed by atoms with Crippen LogP contribution in [0.25, 0.3) is 10.9 Å². The number of nitrogens with zero attached hydrogens (tertiary/aromatic N) is 3. The molecule has 2 heterocycles. The summed E-state index contributed by atoms with van der Waals surface area (Å²) in [5.41, 5.74) is 4.91. The zero-order valence-corrected chi connectivity index (χ0v) is 15.4. The van der Waals surface area contributed by atoms with Crippen LogP contribution >= 0.6 is 0 Å². The maximum absolute atomic E-state index is 11.2. The van der Waals surface area contributed by atoms with Gasteiger partial charge in [-0.15, -0.1) is 0 Å². The molecule has 0 bridgehead atoms. The molecular formula is C19H19N3O3S. The van der Waals surface area contributed by atoms with Gasteiger partial charge in [-0.1, -0.05) is 0 Å². The zero-order valence-electron chi connectivity index (χ0n) is 14.5. The van der Waals surface area contributed by atoms with Crippen molar-refractivity contribution in [2.24, 2.45) is 0 Å². The van der Waals surface area contributed by atoms with E-state index in [-0.39, 0.29) is 0 Å². The number of pyridine rings is 1. The van der Waals surface area contributed by atoms with Gasteiger partial charge in [-0.2, -0.15) is 0 Å². The van der Waals surface area contributed by atoms with Gasteiger partial charge in [0.05, 0.1) is 24.0 Å². The van der Waals surface area contributed by atoms with Crippen LogP contribution in [0.1, 0.15) is 5.56 Å². The molecule has 0 fully saturated rings. The van der Waals surface area contributed by atoms with Gasteiger partial charge in [0.1, 0.15) is 5.75 Å². The van der Waals surface area contributed by atoms with Gasteiger partial charge in [-0.3, -0.25) is 9.29 Å². The Kier molecular flexibility index (Phi) is 4.16. The minimum Gasteiger partial charge on any atom is -0.497 e. The van der Waals surface area contributed by atoms with E-state index < -0.39 is 10.9 Å². The molecule has 134 valence electrons. The largest absolute Gasteiger partial charge is 0.497 e. The molecule has 1 aliphatic heterocycles. The summed E-state index contributed by atoms with van der Waals surface area (Å²) in [4.78, 5) is 6.71. The van der Waals surface area contributed by atoms with E-state index in [0.717, 1.165) is 46.6 Å². The Bertz CT molecular complexity index is 1060. The van der Waals surface area contributed by atoms with Gasteiger partial charge in [0, 0.05) is 36.9 Å². The van der Waals surface area contributed by atoms with Crippen LogP contribution in [0.4, 0.5) is 17.1 Å². The Morgan fingerprint density at radius 3 is 2.73 bits per heavy atom. The molecule has 26 heavy (non-hydrogen) atoms. The summed E-state index contributed by atoms with van der Waals surface area (Å²) in [5, 5.41) is 1.06. The quantitative estimate of drug-likeness (QED) is 0.717. The molecule has 0 aliphatic carbocycles. The van der Waals surface area contributed by atoms with E-state index in [2.05, 4.69) is 9.88 Å². The van der Waals surface area contributed by atoms with E-state index in [1.165, 1.54) is 4.31 Å². The number of methoxy groups -OCH3 is 1.